The first-order valence-electron chi connectivity index (χ1n) is 7.26. The Bertz CT molecular complexity index is 349. The van der Waals surface area contributed by atoms with Crippen LogP contribution in [0.5, 0.6) is 0 Å². The molecule has 106 valence electrons. The number of benzene rings is 1. The van der Waals surface area contributed by atoms with Gasteiger partial charge in [0.2, 0.25) is 0 Å². The summed E-state index contributed by atoms with van der Waals surface area (Å²) in [7, 11) is 4.21. The number of nitrogens with zero attached hydrogens (tertiary/aromatic N) is 1. The highest BCUT2D eigenvalue weighted by molar-refractivity contribution is 5.13. The second-order valence-corrected chi connectivity index (χ2v) is 5.62. The van der Waals surface area contributed by atoms with E-state index in [-0.39, 0.29) is 0 Å². The molecule has 0 unspecified atom stereocenters. The van der Waals surface area contributed by atoms with Gasteiger partial charge in [0.15, 0.2) is 0 Å². The van der Waals surface area contributed by atoms with Gasteiger partial charge in [0.25, 0.3) is 0 Å². The van der Waals surface area contributed by atoms with Crippen LogP contribution in [0.15, 0.2) is 30.3 Å². The minimum absolute atomic E-state index is 0.475. The van der Waals surface area contributed by atoms with Gasteiger partial charge in [0, 0.05) is 19.6 Å². The maximum atomic E-state index is 5.93. The summed E-state index contributed by atoms with van der Waals surface area (Å²) in [6.07, 6.45) is 2.91. The summed E-state index contributed by atoms with van der Waals surface area (Å²) in [5, 5.41) is 3.19. The van der Waals surface area contributed by atoms with Crippen molar-refractivity contribution in [2.24, 2.45) is 5.92 Å². The highest BCUT2D eigenvalue weighted by Gasteiger charge is 2.30. The quantitative estimate of drug-likeness (QED) is 0.777. The Morgan fingerprint density at radius 3 is 2.68 bits per heavy atom. The van der Waals surface area contributed by atoms with Gasteiger partial charge in [0.1, 0.15) is 0 Å². The molecule has 0 atom stereocenters. The molecule has 0 spiro atoms. The van der Waals surface area contributed by atoms with Crippen molar-refractivity contribution in [3.63, 3.8) is 0 Å². The monoisotopic (exact) mass is 262 g/mol. The van der Waals surface area contributed by atoms with E-state index in [9.17, 15) is 0 Å². The van der Waals surface area contributed by atoms with E-state index in [1.807, 2.05) is 13.1 Å². The highest BCUT2D eigenvalue weighted by atomic mass is 16.5. The Balaban J connectivity index is 1.56. The molecule has 0 aliphatic heterocycles. The minimum atomic E-state index is 0.475. The lowest BCUT2D eigenvalue weighted by molar-refractivity contribution is -0.0462. The molecule has 0 aromatic heterocycles. The largest absolute Gasteiger partial charge is 0.374 e. The van der Waals surface area contributed by atoms with Crippen molar-refractivity contribution in [3.8, 4) is 0 Å². The molecule has 1 saturated carbocycles. The Hall–Kier alpha value is -0.900. The molecular formula is C16H26N2O. The van der Waals surface area contributed by atoms with Crippen molar-refractivity contribution in [3.05, 3.63) is 35.9 Å². The standard InChI is InChI=1S/C16H26N2O/c1-17-8-9-18(2)12-15-10-16(11-15)19-13-14-6-4-3-5-7-14/h3-7,15-17H,8-13H2,1-2H3. The van der Waals surface area contributed by atoms with E-state index in [4.69, 9.17) is 4.74 Å². The molecule has 19 heavy (non-hydrogen) atoms. The van der Waals surface area contributed by atoms with Crippen LogP contribution in [0.4, 0.5) is 0 Å². The smallest absolute Gasteiger partial charge is 0.0720 e. The Kier molecular flexibility index (Phi) is 5.83. The summed E-state index contributed by atoms with van der Waals surface area (Å²) in [5.41, 5.74) is 1.28. The van der Waals surface area contributed by atoms with Crippen LogP contribution in [0, 0.1) is 5.92 Å². The number of nitrogens with one attached hydrogen (secondary N) is 1. The second-order valence-electron chi connectivity index (χ2n) is 5.62. The van der Waals surface area contributed by atoms with Crippen LogP contribution in [0.3, 0.4) is 0 Å². The maximum Gasteiger partial charge on any atom is 0.0720 e. The molecule has 3 heteroatoms. The van der Waals surface area contributed by atoms with E-state index >= 15 is 0 Å². The van der Waals surface area contributed by atoms with Crippen molar-refractivity contribution in [1.82, 2.24) is 10.2 Å². The minimum Gasteiger partial charge on any atom is -0.374 e. The van der Waals surface area contributed by atoms with Crippen molar-refractivity contribution in [2.75, 3.05) is 33.7 Å². The van der Waals surface area contributed by atoms with Crippen molar-refractivity contribution in [1.29, 1.82) is 0 Å². The zero-order valence-electron chi connectivity index (χ0n) is 12.1. The van der Waals surface area contributed by atoms with Gasteiger partial charge in [-0.05, 0) is 38.4 Å². The Labute approximate surface area is 116 Å². The van der Waals surface area contributed by atoms with Gasteiger partial charge in [-0.3, -0.25) is 0 Å². The third-order valence-electron chi connectivity index (χ3n) is 3.83. The van der Waals surface area contributed by atoms with Crippen LogP contribution in [0.25, 0.3) is 0 Å². The Morgan fingerprint density at radius 2 is 2.00 bits per heavy atom. The van der Waals surface area contributed by atoms with Gasteiger partial charge >= 0.3 is 0 Å². The molecule has 1 fully saturated rings. The Morgan fingerprint density at radius 1 is 1.26 bits per heavy atom. The van der Waals surface area contributed by atoms with Crippen LogP contribution in [-0.2, 0) is 11.3 Å². The fourth-order valence-electron chi connectivity index (χ4n) is 2.58. The van der Waals surface area contributed by atoms with E-state index in [0.29, 0.717) is 6.10 Å². The van der Waals surface area contributed by atoms with Crippen LogP contribution < -0.4 is 5.32 Å². The van der Waals surface area contributed by atoms with Crippen LogP contribution in [0.1, 0.15) is 18.4 Å². The van der Waals surface area contributed by atoms with E-state index in [2.05, 4.69) is 41.5 Å². The summed E-state index contributed by atoms with van der Waals surface area (Å²) in [4.78, 5) is 2.41. The molecule has 0 saturated heterocycles. The number of hydrogen-bond donors (Lipinski definition) is 1. The molecular weight excluding hydrogens is 236 g/mol. The van der Waals surface area contributed by atoms with E-state index in [0.717, 1.165) is 25.6 Å². The molecule has 0 bridgehead atoms. The average Bonchev–Trinajstić information content (AvgIpc) is 2.40. The third kappa shape index (κ3) is 4.94. The van der Waals surface area contributed by atoms with Gasteiger partial charge in [-0.15, -0.1) is 0 Å². The summed E-state index contributed by atoms with van der Waals surface area (Å²) >= 11 is 0. The van der Waals surface area contributed by atoms with Gasteiger partial charge < -0.3 is 15.0 Å². The molecule has 0 amide bonds. The summed E-state index contributed by atoms with van der Waals surface area (Å²) < 4.78 is 5.93. The van der Waals surface area contributed by atoms with Crippen molar-refractivity contribution in [2.45, 2.75) is 25.6 Å². The van der Waals surface area contributed by atoms with E-state index < -0.39 is 0 Å². The van der Waals surface area contributed by atoms with Crippen LogP contribution in [-0.4, -0.2) is 44.7 Å². The average molecular weight is 262 g/mol. The zero-order valence-corrected chi connectivity index (χ0v) is 12.1. The molecule has 2 rings (SSSR count). The van der Waals surface area contributed by atoms with Crippen LogP contribution >= 0.6 is 0 Å². The molecule has 1 aliphatic carbocycles. The number of hydrogen-bond acceptors (Lipinski definition) is 3. The van der Waals surface area contributed by atoms with Crippen molar-refractivity contribution >= 4 is 0 Å². The highest BCUT2D eigenvalue weighted by Crippen LogP contribution is 2.31. The second kappa shape index (κ2) is 7.63. The molecule has 1 aliphatic rings. The lowest BCUT2D eigenvalue weighted by Gasteiger charge is -2.37. The summed E-state index contributed by atoms with van der Waals surface area (Å²) in [6.45, 7) is 4.15. The SMILES string of the molecule is CNCCN(C)CC1CC(OCc2ccccc2)C1. The van der Waals surface area contributed by atoms with Gasteiger partial charge in [-0.25, -0.2) is 0 Å². The first-order chi connectivity index (χ1) is 9.28. The first-order valence-corrected chi connectivity index (χ1v) is 7.26. The van der Waals surface area contributed by atoms with E-state index in [1.54, 1.807) is 0 Å². The summed E-state index contributed by atoms with van der Waals surface area (Å²) in [6, 6.07) is 10.4. The molecule has 1 aromatic rings. The van der Waals surface area contributed by atoms with Gasteiger partial charge in [0.05, 0.1) is 12.7 Å². The fraction of sp³-hybridized carbons (Fsp3) is 0.625. The molecule has 3 nitrogen and oxygen atoms in total. The fourth-order valence-corrected chi connectivity index (χ4v) is 2.58. The van der Waals surface area contributed by atoms with E-state index in [1.165, 1.54) is 24.9 Å². The molecule has 0 radical (unpaired) electrons. The summed E-state index contributed by atoms with van der Waals surface area (Å²) in [5.74, 6) is 0.822. The lowest BCUT2D eigenvalue weighted by Crippen LogP contribution is -2.40. The predicted octanol–water partition coefficient (Wildman–Crippen LogP) is 2.13. The number of ether oxygens (including phenoxy) is 1. The molecule has 1 aromatic carbocycles. The third-order valence-corrected chi connectivity index (χ3v) is 3.83. The molecule has 0 heterocycles. The maximum absolute atomic E-state index is 5.93. The predicted molar refractivity (Wildman–Crippen MR) is 79.2 cm³/mol. The lowest BCUT2D eigenvalue weighted by atomic mass is 9.82. The number of likely N-dealkylation sites (N-methyl/N-ethyl adjacent to an activating group) is 2. The molecule has 1 N–H and O–H groups in total. The zero-order chi connectivity index (χ0) is 13.5. The van der Waals surface area contributed by atoms with Gasteiger partial charge in [-0.1, -0.05) is 30.3 Å². The first kappa shape index (κ1) is 14.5. The number of rotatable bonds is 8. The van der Waals surface area contributed by atoms with Gasteiger partial charge in [-0.2, -0.15) is 0 Å². The topological polar surface area (TPSA) is 24.5 Å². The normalized spacial score (nSPS) is 22.5. The van der Waals surface area contributed by atoms with Crippen molar-refractivity contribution < 1.29 is 4.74 Å². The van der Waals surface area contributed by atoms with Crippen LogP contribution in [0.2, 0.25) is 0 Å².